The molecule has 0 bridgehead atoms. The molecular formula is C12H16N2O3S. The van der Waals surface area contributed by atoms with Crippen LogP contribution in [0.5, 0.6) is 5.75 Å². The lowest BCUT2D eigenvalue weighted by atomic mass is 10.2. The average Bonchev–Trinajstić information content (AvgIpc) is 2.92. The molecule has 0 aliphatic carbocycles. The highest BCUT2D eigenvalue weighted by Crippen LogP contribution is 2.31. The molecular weight excluding hydrogens is 252 g/mol. The van der Waals surface area contributed by atoms with Crippen molar-refractivity contribution < 1.29 is 13.2 Å². The van der Waals surface area contributed by atoms with Crippen molar-refractivity contribution in [1.29, 1.82) is 0 Å². The van der Waals surface area contributed by atoms with E-state index in [1.807, 2.05) is 0 Å². The Balaban J connectivity index is 1.96. The van der Waals surface area contributed by atoms with Crippen molar-refractivity contribution in [3.8, 4) is 5.75 Å². The minimum Gasteiger partial charge on any atom is -0.490 e. The maximum Gasteiger partial charge on any atom is 0.243 e. The van der Waals surface area contributed by atoms with Crippen LogP contribution in [-0.4, -0.2) is 39.0 Å². The van der Waals surface area contributed by atoms with Crippen molar-refractivity contribution in [2.75, 3.05) is 31.6 Å². The van der Waals surface area contributed by atoms with Gasteiger partial charge in [-0.1, -0.05) is 0 Å². The first-order valence-corrected chi connectivity index (χ1v) is 7.63. The van der Waals surface area contributed by atoms with Gasteiger partial charge >= 0.3 is 0 Å². The zero-order chi connectivity index (χ0) is 12.6. The van der Waals surface area contributed by atoms with Gasteiger partial charge < -0.3 is 10.1 Å². The van der Waals surface area contributed by atoms with E-state index in [9.17, 15) is 8.42 Å². The van der Waals surface area contributed by atoms with Gasteiger partial charge in [-0.2, -0.15) is 4.31 Å². The lowest BCUT2D eigenvalue weighted by Crippen LogP contribution is -2.28. The second kappa shape index (κ2) is 4.44. The normalized spacial score (nSPS) is 20.0. The molecule has 2 heterocycles. The summed E-state index contributed by atoms with van der Waals surface area (Å²) in [6, 6.07) is 5.02. The van der Waals surface area contributed by atoms with Crippen LogP contribution in [0.2, 0.25) is 0 Å². The summed E-state index contributed by atoms with van der Waals surface area (Å²) in [5.74, 6) is 0.724. The molecule has 2 aliphatic rings. The molecule has 0 saturated carbocycles. The highest BCUT2D eigenvalue weighted by molar-refractivity contribution is 7.89. The Kier molecular flexibility index (Phi) is 2.91. The second-order valence-electron chi connectivity index (χ2n) is 4.54. The number of anilines is 1. The molecule has 2 aliphatic heterocycles. The van der Waals surface area contributed by atoms with Crippen LogP contribution in [0.25, 0.3) is 0 Å². The lowest BCUT2D eigenvalue weighted by molar-refractivity contribution is 0.323. The van der Waals surface area contributed by atoms with E-state index in [1.165, 1.54) is 0 Å². The van der Waals surface area contributed by atoms with Crippen molar-refractivity contribution in [2.45, 2.75) is 17.7 Å². The average molecular weight is 268 g/mol. The summed E-state index contributed by atoms with van der Waals surface area (Å²) >= 11 is 0. The first-order chi connectivity index (χ1) is 8.68. The van der Waals surface area contributed by atoms with Crippen LogP contribution >= 0.6 is 0 Å². The summed E-state index contributed by atoms with van der Waals surface area (Å²) < 4.78 is 31.8. The van der Waals surface area contributed by atoms with Crippen LogP contribution in [0.3, 0.4) is 0 Å². The van der Waals surface area contributed by atoms with Crippen LogP contribution in [0, 0.1) is 0 Å². The van der Waals surface area contributed by atoms with Gasteiger partial charge in [0.1, 0.15) is 12.4 Å². The number of sulfonamides is 1. The van der Waals surface area contributed by atoms with Gasteiger partial charge in [-0.15, -0.1) is 0 Å². The highest BCUT2D eigenvalue weighted by atomic mass is 32.2. The largest absolute Gasteiger partial charge is 0.490 e. The summed E-state index contributed by atoms with van der Waals surface area (Å²) in [5.41, 5.74) is 0.765. The van der Waals surface area contributed by atoms with E-state index >= 15 is 0 Å². The van der Waals surface area contributed by atoms with Gasteiger partial charge in [-0.05, 0) is 31.0 Å². The molecule has 1 fully saturated rings. The van der Waals surface area contributed by atoms with E-state index < -0.39 is 10.0 Å². The Morgan fingerprint density at radius 3 is 2.78 bits per heavy atom. The van der Waals surface area contributed by atoms with Crippen LogP contribution in [0.4, 0.5) is 5.69 Å². The minimum atomic E-state index is -3.33. The van der Waals surface area contributed by atoms with Crippen molar-refractivity contribution in [2.24, 2.45) is 0 Å². The Labute approximate surface area is 107 Å². The van der Waals surface area contributed by atoms with E-state index in [1.54, 1.807) is 22.5 Å². The van der Waals surface area contributed by atoms with E-state index in [0.717, 1.165) is 24.3 Å². The Bertz CT molecular complexity index is 550. The predicted molar refractivity (Wildman–Crippen MR) is 68.4 cm³/mol. The van der Waals surface area contributed by atoms with E-state index in [0.29, 0.717) is 31.1 Å². The molecule has 1 saturated heterocycles. The van der Waals surface area contributed by atoms with Gasteiger partial charge in [-0.25, -0.2) is 8.42 Å². The Hall–Kier alpha value is -1.27. The molecule has 0 atom stereocenters. The van der Waals surface area contributed by atoms with Crippen molar-refractivity contribution >= 4 is 15.7 Å². The molecule has 1 aromatic carbocycles. The maximum absolute atomic E-state index is 12.4. The van der Waals surface area contributed by atoms with Gasteiger partial charge in [0.25, 0.3) is 0 Å². The van der Waals surface area contributed by atoms with Crippen LogP contribution in [-0.2, 0) is 10.0 Å². The number of nitrogens with zero attached hydrogens (tertiary/aromatic N) is 1. The number of rotatable bonds is 2. The summed E-state index contributed by atoms with van der Waals surface area (Å²) in [6.45, 7) is 2.58. The molecule has 3 rings (SSSR count). The summed E-state index contributed by atoms with van der Waals surface area (Å²) in [7, 11) is -3.33. The Morgan fingerprint density at radius 2 is 2.00 bits per heavy atom. The van der Waals surface area contributed by atoms with Crippen molar-refractivity contribution in [3.63, 3.8) is 0 Å². The quantitative estimate of drug-likeness (QED) is 0.877. The third-order valence-corrected chi connectivity index (χ3v) is 5.22. The van der Waals surface area contributed by atoms with E-state index in [4.69, 9.17) is 4.74 Å². The zero-order valence-electron chi connectivity index (χ0n) is 10.1. The monoisotopic (exact) mass is 268 g/mol. The molecule has 5 nitrogen and oxygen atoms in total. The standard InChI is InChI=1S/C12H16N2O3S/c15-18(16,14-6-1-2-7-14)10-3-4-12-11(9-10)13-5-8-17-12/h3-4,9,13H,1-2,5-8H2. The topological polar surface area (TPSA) is 58.6 Å². The SMILES string of the molecule is O=S(=O)(c1ccc2c(c1)NCCO2)N1CCCC1. The van der Waals surface area contributed by atoms with Crippen molar-refractivity contribution in [1.82, 2.24) is 4.31 Å². The number of benzene rings is 1. The summed E-state index contributed by atoms with van der Waals surface area (Å²) in [5, 5.41) is 3.16. The third kappa shape index (κ3) is 1.95. The van der Waals surface area contributed by atoms with Gasteiger partial charge in [0, 0.05) is 19.6 Å². The number of ether oxygens (including phenoxy) is 1. The second-order valence-corrected chi connectivity index (χ2v) is 6.48. The zero-order valence-corrected chi connectivity index (χ0v) is 10.9. The van der Waals surface area contributed by atoms with Crippen LogP contribution < -0.4 is 10.1 Å². The smallest absolute Gasteiger partial charge is 0.243 e. The van der Waals surface area contributed by atoms with Gasteiger partial charge in [-0.3, -0.25) is 0 Å². The number of fused-ring (bicyclic) bond motifs is 1. The number of nitrogens with one attached hydrogen (secondary N) is 1. The fourth-order valence-electron chi connectivity index (χ4n) is 2.36. The van der Waals surface area contributed by atoms with Gasteiger partial charge in [0.15, 0.2) is 0 Å². The van der Waals surface area contributed by atoms with E-state index in [-0.39, 0.29) is 0 Å². The molecule has 6 heteroatoms. The molecule has 0 aromatic heterocycles. The molecule has 18 heavy (non-hydrogen) atoms. The maximum atomic E-state index is 12.4. The molecule has 0 spiro atoms. The highest BCUT2D eigenvalue weighted by Gasteiger charge is 2.28. The lowest BCUT2D eigenvalue weighted by Gasteiger charge is -2.21. The van der Waals surface area contributed by atoms with Gasteiger partial charge in [0.05, 0.1) is 10.6 Å². The van der Waals surface area contributed by atoms with E-state index in [2.05, 4.69) is 5.32 Å². The van der Waals surface area contributed by atoms with Crippen molar-refractivity contribution in [3.05, 3.63) is 18.2 Å². The fraction of sp³-hybridized carbons (Fsp3) is 0.500. The molecule has 1 aromatic rings. The van der Waals surface area contributed by atoms with Crippen LogP contribution in [0.15, 0.2) is 23.1 Å². The third-order valence-electron chi connectivity index (χ3n) is 3.33. The molecule has 0 amide bonds. The fourth-order valence-corrected chi connectivity index (χ4v) is 3.90. The number of hydrogen-bond acceptors (Lipinski definition) is 4. The Morgan fingerprint density at radius 1 is 1.22 bits per heavy atom. The number of hydrogen-bond donors (Lipinski definition) is 1. The van der Waals surface area contributed by atoms with Gasteiger partial charge in [0.2, 0.25) is 10.0 Å². The predicted octanol–water partition coefficient (Wildman–Crippen LogP) is 1.28. The van der Waals surface area contributed by atoms with Crippen LogP contribution in [0.1, 0.15) is 12.8 Å². The summed E-state index contributed by atoms with van der Waals surface area (Å²) in [6.07, 6.45) is 1.90. The first kappa shape index (κ1) is 11.8. The summed E-state index contributed by atoms with van der Waals surface area (Å²) in [4.78, 5) is 0.348. The molecule has 0 unspecified atom stereocenters. The first-order valence-electron chi connectivity index (χ1n) is 6.19. The minimum absolute atomic E-state index is 0.348. The molecule has 0 radical (unpaired) electrons. The molecule has 98 valence electrons. The molecule has 1 N–H and O–H groups in total.